The van der Waals surface area contributed by atoms with Crippen molar-refractivity contribution in [1.82, 2.24) is 10.6 Å². The number of carbonyl (C=O) groups is 3. The minimum absolute atomic E-state index is 0.100. The van der Waals surface area contributed by atoms with Gasteiger partial charge in [0, 0.05) is 13.1 Å². The molecule has 1 aliphatic heterocycles. The van der Waals surface area contributed by atoms with Gasteiger partial charge in [0.25, 0.3) is 0 Å². The van der Waals surface area contributed by atoms with Crippen LogP contribution in [0.1, 0.15) is 24.0 Å². The highest BCUT2D eigenvalue weighted by Gasteiger charge is 2.33. The first kappa shape index (κ1) is 23.0. The summed E-state index contributed by atoms with van der Waals surface area (Å²) in [5, 5.41) is 5.80. The van der Waals surface area contributed by atoms with E-state index in [1.807, 2.05) is 73.7 Å². The van der Waals surface area contributed by atoms with E-state index in [0.29, 0.717) is 24.5 Å². The van der Waals surface area contributed by atoms with Crippen LogP contribution >= 0.6 is 0 Å². The number of hydrogen-bond acceptors (Lipinski definition) is 3. The van der Waals surface area contributed by atoms with Gasteiger partial charge in [-0.15, -0.1) is 0 Å². The van der Waals surface area contributed by atoms with Gasteiger partial charge >= 0.3 is 6.03 Å². The molecule has 2 N–H and O–H groups in total. The van der Waals surface area contributed by atoms with Gasteiger partial charge in [-0.2, -0.15) is 0 Å². The molecule has 7 nitrogen and oxygen atoms in total. The Kier molecular flexibility index (Phi) is 7.22. The summed E-state index contributed by atoms with van der Waals surface area (Å²) in [6.45, 7) is 2.64. The summed E-state index contributed by atoms with van der Waals surface area (Å²) in [4.78, 5) is 41.4. The zero-order valence-electron chi connectivity index (χ0n) is 19.1. The van der Waals surface area contributed by atoms with E-state index in [4.69, 9.17) is 0 Å². The average Bonchev–Trinajstić information content (AvgIpc) is 2.88. The van der Waals surface area contributed by atoms with Gasteiger partial charge < -0.3 is 10.6 Å². The molecular formula is C27H28N4O3. The van der Waals surface area contributed by atoms with Crippen LogP contribution in [0.2, 0.25) is 0 Å². The number of para-hydroxylation sites is 2. The SMILES string of the molecule is C[C@H](CNC(=O)CN1C(=O)CN(C(=O)NCc2ccccc2)c2ccccc21)c1ccccc1. The fraction of sp³-hybridized carbons (Fsp3) is 0.222. The lowest BCUT2D eigenvalue weighted by atomic mass is 10.0. The van der Waals surface area contributed by atoms with Crippen LogP contribution in [-0.2, 0) is 16.1 Å². The fourth-order valence-corrected chi connectivity index (χ4v) is 3.95. The molecule has 0 spiro atoms. The van der Waals surface area contributed by atoms with Crippen LogP contribution in [0.15, 0.2) is 84.9 Å². The third kappa shape index (κ3) is 5.43. The number of nitrogens with one attached hydrogen (secondary N) is 2. The Bertz CT molecular complexity index is 1150. The second-order valence-corrected chi connectivity index (χ2v) is 8.31. The molecule has 1 heterocycles. The summed E-state index contributed by atoms with van der Waals surface area (Å²) in [6, 6.07) is 26.3. The molecule has 1 aliphatic rings. The van der Waals surface area contributed by atoms with Crippen molar-refractivity contribution >= 4 is 29.2 Å². The molecule has 3 aromatic rings. The first-order valence-electron chi connectivity index (χ1n) is 11.3. The Labute approximate surface area is 199 Å². The van der Waals surface area contributed by atoms with Gasteiger partial charge in [0.05, 0.1) is 11.4 Å². The van der Waals surface area contributed by atoms with Crippen LogP contribution in [0.3, 0.4) is 0 Å². The van der Waals surface area contributed by atoms with Gasteiger partial charge in [-0.3, -0.25) is 19.4 Å². The van der Waals surface area contributed by atoms with E-state index < -0.39 is 0 Å². The van der Waals surface area contributed by atoms with Gasteiger partial charge in [-0.1, -0.05) is 79.7 Å². The summed E-state index contributed by atoms with van der Waals surface area (Å²) >= 11 is 0. The molecule has 4 amide bonds. The second-order valence-electron chi connectivity index (χ2n) is 8.31. The Balaban J connectivity index is 1.41. The zero-order chi connectivity index (χ0) is 23.9. The molecular weight excluding hydrogens is 428 g/mol. The smallest absolute Gasteiger partial charge is 0.322 e. The van der Waals surface area contributed by atoms with Gasteiger partial charge in [0.2, 0.25) is 11.8 Å². The van der Waals surface area contributed by atoms with Crippen molar-refractivity contribution in [2.24, 2.45) is 0 Å². The number of rotatable bonds is 7. The number of carbonyl (C=O) groups excluding carboxylic acids is 3. The van der Waals surface area contributed by atoms with E-state index >= 15 is 0 Å². The van der Waals surface area contributed by atoms with E-state index in [0.717, 1.165) is 11.1 Å². The molecule has 1 atom stereocenters. The fourth-order valence-electron chi connectivity index (χ4n) is 3.95. The lowest BCUT2D eigenvalue weighted by molar-refractivity contribution is -0.123. The highest BCUT2D eigenvalue weighted by molar-refractivity contribution is 6.12. The first-order chi connectivity index (χ1) is 16.5. The quantitative estimate of drug-likeness (QED) is 0.569. The highest BCUT2D eigenvalue weighted by Crippen LogP contribution is 2.33. The molecule has 0 aromatic heterocycles. The molecule has 3 aromatic carbocycles. The number of anilines is 2. The van der Waals surface area contributed by atoms with Crippen LogP contribution in [0.5, 0.6) is 0 Å². The number of fused-ring (bicyclic) bond motifs is 1. The van der Waals surface area contributed by atoms with E-state index in [-0.39, 0.29) is 36.9 Å². The second kappa shape index (κ2) is 10.7. The number of nitrogens with zero attached hydrogens (tertiary/aromatic N) is 2. The van der Waals surface area contributed by atoms with E-state index in [2.05, 4.69) is 10.6 Å². The average molecular weight is 457 g/mol. The zero-order valence-corrected chi connectivity index (χ0v) is 19.1. The van der Waals surface area contributed by atoms with Gasteiger partial charge in [-0.05, 0) is 29.2 Å². The summed E-state index contributed by atoms with van der Waals surface area (Å²) in [7, 11) is 0. The van der Waals surface area contributed by atoms with E-state index in [1.54, 1.807) is 18.2 Å². The maximum absolute atomic E-state index is 13.0. The molecule has 7 heteroatoms. The Morgan fingerprint density at radius 2 is 1.47 bits per heavy atom. The minimum atomic E-state index is -0.356. The van der Waals surface area contributed by atoms with E-state index in [1.165, 1.54) is 9.80 Å². The van der Waals surface area contributed by atoms with Crippen molar-refractivity contribution in [1.29, 1.82) is 0 Å². The molecule has 0 fully saturated rings. The Morgan fingerprint density at radius 3 is 2.18 bits per heavy atom. The molecule has 174 valence electrons. The van der Waals surface area contributed by atoms with Crippen LogP contribution in [-0.4, -0.2) is 37.5 Å². The van der Waals surface area contributed by atoms with Crippen molar-refractivity contribution in [3.8, 4) is 0 Å². The normalized spacial score (nSPS) is 13.7. The molecule has 0 saturated carbocycles. The third-order valence-corrected chi connectivity index (χ3v) is 5.87. The van der Waals surface area contributed by atoms with Gasteiger partial charge in [0.15, 0.2) is 0 Å². The predicted octanol–water partition coefficient (Wildman–Crippen LogP) is 3.67. The number of amides is 4. The molecule has 0 aliphatic carbocycles. The number of urea groups is 1. The first-order valence-corrected chi connectivity index (χ1v) is 11.3. The summed E-state index contributed by atoms with van der Waals surface area (Å²) in [6.07, 6.45) is 0. The molecule has 4 rings (SSSR count). The van der Waals surface area contributed by atoms with Crippen molar-refractivity contribution in [3.63, 3.8) is 0 Å². The number of benzene rings is 3. The molecule has 0 bridgehead atoms. The largest absolute Gasteiger partial charge is 0.354 e. The molecule has 0 saturated heterocycles. The molecule has 34 heavy (non-hydrogen) atoms. The van der Waals surface area contributed by atoms with Crippen LogP contribution in [0.4, 0.5) is 16.2 Å². The highest BCUT2D eigenvalue weighted by atomic mass is 16.2. The lowest BCUT2D eigenvalue weighted by Gasteiger charge is -2.35. The van der Waals surface area contributed by atoms with Crippen LogP contribution in [0, 0.1) is 0 Å². The third-order valence-electron chi connectivity index (χ3n) is 5.87. The van der Waals surface area contributed by atoms with Crippen molar-refractivity contribution in [2.45, 2.75) is 19.4 Å². The monoisotopic (exact) mass is 456 g/mol. The summed E-state index contributed by atoms with van der Waals surface area (Å²) in [5.74, 6) is -0.397. The predicted molar refractivity (Wildman–Crippen MR) is 133 cm³/mol. The topological polar surface area (TPSA) is 81.8 Å². The van der Waals surface area contributed by atoms with Gasteiger partial charge in [-0.25, -0.2) is 4.79 Å². The van der Waals surface area contributed by atoms with Crippen molar-refractivity contribution < 1.29 is 14.4 Å². The molecule has 0 radical (unpaired) electrons. The summed E-state index contributed by atoms with van der Waals surface area (Å²) < 4.78 is 0. The summed E-state index contributed by atoms with van der Waals surface area (Å²) in [5.41, 5.74) is 3.24. The standard InChI is InChI=1S/C27H28N4O3/c1-20(22-12-6-3-7-13-22)16-28-25(32)18-30-23-14-8-9-15-24(23)31(19-26(30)33)27(34)29-17-21-10-4-2-5-11-21/h2-15,20H,16-19H2,1H3,(H,28,32)(H,29,34)/t20-/m1/s1. The lowest BCUT2D eigenvalue weighted by Crippen LogP contribution is -2.53. The van der Waals surface area contributed by atoms with Crippen LogP contribution in [0.25, 0.3) is 0 Å². The maximum Gasteiger partial charge on any atom is 0.322 e. The van der Waals surface area contributed by atoms with Crippen LogP contribution < -0.4 is 20.4 Å². The minimum Gasteiger partial charge on any atom is -0.354 e. The van der Waals surface area contributed by atoms with Crippen molar-refractivity contribution in [2.75, 3.05) is 29.4 Å². The van der Waals surface area contributed by atoms with Gasteiger partial charge in [0.1, 0.15) is 13.1 Å². The maximum atomic E-state index is 13.0. The number of hydrogen-bond donors (Lipinski definition) is 2. The molecule has 0 unspecified atom stereocenters. The van der Waals surface area contributed by atoms with Crippen molar-refractivity contribution in [3.05, 3.63) is 96.1 Å². The Morgan fingerprint density at radius 1 is 0.853 bits per heavy atom. The van der Waals surface area contributed by atoms with E-state index in [9.17, 15) is 14.4 Å². The Hall–Kier alpha value is -4.13.